The van der Waals surface area contributed by atoms with Crippen molar-refractivity contribution in [1.82, 2.24) is 15.1 Å². The Morgan fingerprint density at radius 2 is 2.04 bits per heavy atom. The average molecular weight is 333 g/mol. The van der Waals surface area contributed by atoms with E-state index in [2.05, 4.69) is 41.4 Å². The van der Waals surface area contributed by atoms with E-state index in [-0.39, 0.29) is 19.0 Å². The van der Waals surface area contributed by atoms with Crippen LogP contribution in [0.4, 0.5) is 0 Å². The van der Waals surface area contributed by atoms with Crippen LogP contribution in [0, 0.1) is 0 Å². The van der Waals surface area contributed by atoms with Gasteiger partial charge in [-0.1, -0.05) is 30.3 Å². The lowest BCUT2D eigenvalue weighted by molar-refractivity contribution is -0.138. The average Bonchev–Trinajstić information content (AvgIpc) is 2.55. The zero-order chi connectivity index (χ0) is 17.5. The molecule has 2 atom stereocenters. The molecule has 1 aromatic rings. The van der Waals surface area contributed by atoms with Gasteiger partial charge in [0.2, 0.25) is 5.91 Å². The molecule has 132 valence electrons. The summed E-state index contributed by atoms with van der Waals surface area (Å²) in [6.45, 7) is 4.11. The summed E-state index contributed by atoms with van der Waals surface area (Å²) in [5.41, 5.74) is 1.32. The summed E-state index contributed by atoms with van der Waals surface area (Å²) >= 11 is 0. The van der Waals surface area contributed by atoms with Crippen LogP contribution in [0.25, 0.3) is 0 Å². The molecule has 1 fully saturated rings. The van der Waals surface area contributed by atoms with Gasteiger partial charge in [-0.15, -0.1) is 0 Å². The number of hydrogen-bond donors (Lipinski definition) is 2. The van der Waals surface area contributed by atoms with Gasteiger partial charge in [0.25, 0.3) is 0 Å². The Morgan fingerprint density at radius 3 is 2.67 bits per heavy atom. The van der Waals surface area contributed by atoms with Crippen LogP contribution in [0.5, 0.6) is 0 Å². The monoisotopic (exact) mass is 333 g/mol. The molecule has 0 bridgehead atoms. The third-order valence-electron chi connectivity index (χ3n) is 4.67. The van der Waals surface area contributed by atoms with Crippen molar-refractivity contribution in [2.24, 2.45) is 0 Å². The number of likely N-dealkylation sites (N-methyl/N-ethyl adjacent to an activating group) is 1. The Morgan fingerprint density at radius 1 is 1.33 bits per heavy atom. The molecule has 2 unspecified atom stereocenters. The van der Waals surface area contributed by atoms with E-state index >= 15 is 0 Å². The number of carboxylic acids is 1. The Kier molecular flexibility index (Phi) is 6.75. The Bertz CT molecular complexity index is 550. The van der Waals surface area contributed by atoms with Crippen LogP contribution in [-0.2, 0) is 16.1 Å². The third kappa shape index (κ3) is 5.62. The minimum Gasteiger partial charge on any atom is -0.480 e. The first-order valence-corrected chi connectivity index (χ1v) is 8.42. The van der Waals surface area contributed by atoms with Gasteiger partial charge in [-0.25, -0.2) is 0 Å². The lowest BCUT2D eigenvalue weighted by atomic mass is 9.96. The molecule has 0 aromatic heterocycles. The summed E-state index contributed by atoms with van der Waals surface area (Å²) in [5, 5.41) is 11.0. The third-order valence-corrected chi connectivity index (χ3v) is 4.67. The number of carboxylic acid groups (broad SMARTS) is 1. The van der Waals surface area contributed by atoms with Crippen LogP contribution in [0.15, 0.2) is 30.3 Å². The number of amides is 1. The fraction of sp³-hybridized carbons (Fsp3) is 0.556. The molecule has 0 spiro atoms. The molecule has 6 heteroatoms. The molecule has 2 rings (SSSR count). The van der Waals surface area contributed by atoms with Crippen molar-refractivity contribution >= 4 is 11.9 Å². The highest BCUT2D eigenvalue weighted by atomic mass is 16.4. The number of carbonyl (C=O) groups excluding carboxylic acids is 1. The van der Waals surface area contributed by atoms with E-state index in [4.69, 9.17) is 5.11 Å². The highest BCUT2D eigenvalue weighted by molar-refractivity contribution is 5.82. The van der Waals surface area contributed by atoms with Crippen molar-refractivity contribution in [3.8, 4) is 0 Å². The largest absolute Gasteiger partial charge is 0.480 e. The topological polar surface area (TPSA) is 72.9 Å². The van der Waals surface area contributed by atoms with E-state index in [9.17, 15) is 9.59 Å². The molecule has 1 amide bonds. The summed E-state index contributed by atoms with van der Waals surface area (Å²) < 4.78 is 0. The van der Waals surface area contributed by atoms with Gasteiger partial charge in [0.15, 0.2) is 0 Å². The number of likely N-dealkylation sites (tertiary alicyclic amines) is 1. The Labute approximate surface area is 143 Å². The second-order valence-electron chi connectivity index (χ2n) is 6.57. The summed E-state index contributed by atoms with van der Waals surface area (Å²) in [5.74, 6) is -1.26. The van der Waals surface area contributed by atoms with E-state index in [0.717, 1.165) is 25.9 Å². The number of aliphatic carboxylic acids is 1. The predicted molar refractivity (Wildman–Crippen MR) is 92.6 cm³/mol. The molecule has 1 aliphatic heterocycles. The molecule has 2 N–H and O–H groups in total. The van der Waals surface area contributed by atoms with Crippen LogP contribution in [0.3, 0.4) is 0 Å². The lowest BCUT2D eigenvalue weighted by Gasteiger charge is -2.41. The van der Waals surface area contributed by atoms with E-state index in [1.54, 1.807) is 0 Å². The van der Waals surface area contributed by atoms with Crippen molar-refractivity contribution in [1.29, 1.82) is 0 Å². The van der Waals surface area contributed by atoms with E-state index in [1.807, 2.05) is 18.0 Å². The maximum Gasteiger partial charge on any atom is 0.322 e. The maximum atomic E-state index is 11.8. The summed E-state index contributed by atoms with van der Waals surface area (Å²) in [6, 6.07) is 11.3. The molecule has 6 nitrogen and oxygen atoms in total. The van der Waals surface area contributed by atoms with Crippen molar-refractivity contribution in [3.63, 3.8) is 0 Å². The van der Waals surface area contributed by atoms with Gasteiger partial charge in [-0.05, 0) is 32.4 Å². The fourth-order valence-corrected chi connectivity index (χ4v) is 3.23. The van der Waals surface area contributed by atoms with Gasteiger partial charge < -0.3 is 10.4 Å². The normalized spacial score (nSPS) is 21.6. The molecule has 24 heavy (non-hydrogen) atoms. The molecule has 0 aliphatic carbocycles. The zero-order valence-corrected chi connectivity index (χ0v) is 14.4. The summed E-state index contributed by atoms with van der Waals surface area (Å²) in [6.07, 6.45) is 2.02. The van der Waals surface area contributed by atoms with Crippen molar-refractivity contribution in [2.45, 2.75) is 38.4 Å². The van der Waals surface area contributed by atoms with Crippen LogP contribution >= 0.6 is 0 Å². The van der Waals surface area contributed by atoms with Gasteiger partial charge in [-0.3, -0.25) is 19.4 Å². The molecule has 1 aromatic carbocycles. The highest BCUT2D eigenvalue weighted by Crippen LogP contribution is 2.22. The Balaban J connectivity index is 1.79. The standard InChI is InChI=1S/C18H27N3O3/c1-14-10-16(20(2)13-17(22)19-11-18(23)24)8-9-21(14)12-15-6-4-3-5-7-15/h3-7,14,16H,8-13H2,1-2H3,(H,19,22)(H,23,24). The molecule has 1 aliphatic rings. The minimum absolute atomic E-state index is 0.237. The molecular weight excluding hydrogens is 306 g/mol. The SMILES string of the molecule is CC1CC(N(C)CC(=O)NCC(=O)O)CCN1Cc1ccccc1. The Hall–Kier alpha value is -1.92. The van der Waals surface area contributed by atoms with Crippen LogP contribution < -0.4 is 5.32 Å². The molecular formula is C18H27N3O3. The highest BCUT2D eigenvalue weighted by Gasteiger charge is 2.28. The van der Waals surface area contributed by atoms with E-state index < -0.39 is 5.97 Å². The quantitative estimate of drug-likeness (QED) is 0.784. The predicted octanol–water partition coefficient (Wildman–Crippen LogP) is 1.17. The molecule has 0 saturated carbocycles. The lowest BCUT2D eigenvalue weighted by Crippen LogP contribution is -2.49. The number of benzene rings is 1. The number of rotatable bonds is 7. The number of nitrogens with zero attached hydrogens (tertiary/aromatic N) is 2. The fourth-order valence-electron chi connectivity index (χ4n) is 3.23. The first-order chi connectivity index (χ1) is 11.5. The summed E-state index contributed by atoms with van der Waals surface area (Å²) in [4.78, 5) is 26.8. The maximum absolute atomic E-state index is 11.8. The van der Waals surface area contributed by atoms with Crippen LogP contribution in [0.2, 0.25) is 0 Å². The smallest absolute Gasteiger partial charge is 0.322 e. The first kappa shape index (κ1) is 18.4. The number of hydrogen-bond acceptors (Lipinski definition) is 4. The van der Waals surface area contributed by atoms with Crippen molar-refractivity contribution in [2.75, 3.05) is 26.7 Å². The van der Waals surface area contributed by atoms with Gasteiger partial charge in [0, 0.05) is 25.2 Å². The first-order valence-electron chi connectivity index (χ1n) is 8.42. The molecule has 1 saturated heterocycles. The zero-order valence-electron chi connectivity index (χ0n) is 14.4. The number of nitrogens with one attached hydrogen (secondary N) is 1. The van der Waals surface area contributed by atoms with Gasteiger partial charge in [0.05, 0.1) is 6.54 Å². The van der Waals surface area contributed by atoms with Crippen molar-refractivity contribution in [3.05, 3.63) is 35.9 Å². The van der Waals surface area contributed by atoms with Crippen LogP contribution in [0.1, 0.15) is 25.3 Å². The van der Waals surface area contributed by atoms with E-state index in [1.165, 1.54) is 5.56 Å². The molecule has 1 heterocycles. The minimum atomic E-state index is -1.02. The second kappa shape index (κ2) is 8.80. The number of piperidine rings is 1. The second-order valence-corrected chi connectivity index (χ2v) is 6.57. The van der Waals surface area contributed by atoms with Crippen molar-refractivity contribution < 1.29 is 14.7 Å². The number of carbonyl (C=O) groups is 2. The summed E-state index contributed by atoms with van der Waals surface area (Å²) in [7, 11) is 1.94. The van der Waals surface area contributed by atoms with Gasteiger partial charge in [0.1, 0.15) is 6.54 Å². The van der Waals surface area contributed by atoms with Gasteiger partial charge >= 0.3 is 5.97 Å². The molecule has 0 radical (unpaired) electrons. The van der Waals surface area contributed by atoms with Crippen LogP contribution in [-0.4, -0.2) is 65.5 Å². The van der Waals surface area contributed by atoms with E-state index in [0.29, 0.717) is 12.1 Å². The van der Waals surface area contributed by atoms with Gasteiger partial charge in [-0.2, -0.15) is 0 Å².